The summed E-state index contributed by atoms with van der Waals surface area (Å²) in [5, 5.41) is 9.03. The Hall–Kier alpha value is -0.640. The predicted octanol–water partition coefficient (Wildman–Crippen LogP) is 1.28. The van der Waals surface area contributed by atoms with E-state index in [0.717, 1.165) is 6.42 Å². The van der Waals surface area contributed by atoms with Crippen LogP contribution in [0.5, 0.6) is 0 Å². The van der Waals surface area contributed by atoms with Crippen LogP contribution in [0.3, 0.4) is 0 Å². The Morgan fingerprint density at radius 3 is 2.11 bits per heavy atom. The molecule has 0 bridgehead atoms. The summed E-state index contributed by atoms with van der Waals surface area (Å²) in [4.78, 5) is 2.07. The van der Waals surface area contributed by atoms with Crippen molar-refractivity contribution in [3.05, 3.63) is 0 Å². The third-order valence-corrected chi connectivity index (χ3v) is 5.64. The van der Waals surface area contributed by atoms with Crippen molar-refractivity contribution in [3.63, 3.8) is 0 Å². The lowest BCUT2D eigenvalue weighted by atomic mass is 10.0. The molecule has 0 N–H and O–H groups in total. The highest BCUT2D eigenvalue weighted by atomic mass is 32.2. The quantitative estimate of drug-likeness (QED) is 0.781. The van der Waals surface area contributed by atoms with Gasteiger partial charge in [0.05, 0.1) is 17.9 Å². The van der Waals surface area contributed by atoms with E-state index in [1.165, 1.54) is 0 Å². The molecule has 1 aliphatic heterocycles. The number of hydrogen-bond donors (Lipinski definition) is 0. The van der Waals surface area contributed by atoms with Crippen LogP contribution in [0.15, 0.2) is 0 Å². The van der Waals surface area contributed by atoms with Crippen LogP contribution in [0.2, 0.25) is 0 Å². The van der Waals surface area contributed by atoms with Gasteiger partial charge in [0.1, 0.15) is 0 Å². The molecule has 0 aromatic heterocycles. The molecule has 1 aliphatic rings. The van der Waals surface area contributed by atoms with Crippen molar-refractivity contribution < 1.29 is 8.42 Å². The Morgan fingerprint density at radius 1 is 1.21 bits per heavy atom. The first-order valence-corrected chi connectivity index (χ1v) is 8.42. The zero-order chi connectivity index (χ0) is 14.7. The van der Waals surface area contributed by atoms with E-state index < -0.39 is 10.0 Å². The third-order valence-electron chi connectivity index (χ3n) is 3.26. The lowest BCUT2D eigenvalue weighted by Crippen LogP contribution is -2.52. The highest BCUT2D eigenvalue weighted by Gasteiger charge is 2.32. The van der Waals surface area contributed by atoms with E-state index in [-0.39, 0.29) is 17.2 Å². The van der Waals surface area contributed by atoms with Gasteiger partial charge in [-0.05, 0) is 11.8 Å². The summed E-state index contributed by atoms with van der Waals surface area (Å²) in [6.45, 7) is 10.1. The van der Waals surface area contributed by atoms with Gasteiger partial charge in [-0.25, -0.2) is 8.42 Å². The van der Waals surface area contributed by atoms with E-state index >= 15 is 0 Å². The van der Waals surface area contributed by atoms with Crippen molar-refractivity contribution >= 4 is 10.0 Å². The van der Waals surface area contributed by atoms with Crippen LogP contribution >= 0.6 is 0 Å². The van der Waals surface area contributed by atoms with E-state index in [2.05, 4.69) is 11.0 Å². The topological polar surface area (TPSA) is 64.4 Å². The Bertz CT molecular complexity index is 426. The molecule has 1 atom stereocenters. The molecule has 0 amide bonds. The van der Waals surface area contributed by atoms with Crippen LogP contribution in [0, 0.1) is 16.7 Å². The molecule has 1 unspecified atom stereocenters. The second kappa shape index (κ2) is 6.21. The van der Waals surface area contributed by atoms with Gasteiger partial charge in [-0.3, -0.25) is 4.90 Å². The van der Waals surface area contributed by atoms with Crippen LogP contribution in [0.1, 0.15) is 34.1 Å². The summed E-state index contributed by atoms with van der Waals surface area (Å²) in [5.74, 6) is 0.176. The van der Waals surface area contributed by atoms with Crippen LogP contribution < -0.4 is 0 Å². The van der Waals surface area contributed by atoms with Crippen LogP contribution in [-0.2, 0) is 10.0 Å². The predicted molar refractivity (Wildman–Crippen MR) is 76.1 cm³/mol. The molecule has 0 aromatic carbocycles. The molecular formula is C13H25N3O2S. The van der Waals surface area contributed by atoms with Crippen LogP contribution in [-0.4, -0.2) is 55.6 Å². The number of piperazine rings is 1. The first kappa shape index (κ1) is 16.4. The van der Waals surface area contributed by atoms with E-state index in [4.69, 9.17) is 5.26 Å². The maximum atomic E-state index is 12.3. The molecule has 0 saturated carbocycles. The SMILES string of the molecule is CCC(C#N)N1CCN(S(=O)(=O)CC(C)(C)C)CC1. The fourth-order valence-corrected chi connectivity index (χ4v) is 4.36. The molecule has 110 valence electrons. The Balaban J connectivity index is 2.62. The smallest absolute Gasteiger partial charge is 0.214 e. The van der Waals surface area contributed by atoms with Gasteiger partial charge < -0.3 is 0 Å². The van der Waals surface area contributed by atoms with E-state index in [0.29, 0.717) is 26.2 Å². The minimum absolute atomic E-state index is 0.0903. The van der Waals surface area contributed by atoms with Crippen molar-refractivity contribution in [1.29, 1.82) is 5.26 Å². The molecule has 1 rings (SSSR count). The van der Waals surface area contributed by atoms with Crippen LogP contribution in [0.25, 0.3) is 0 Å². The highest BCUT2D eigenvalue weighted by Crippen LogP contribution is 2.20. The molecule has 0 spiro atoms. The normalized spacial score (nSPS) is 21.0. The summed E-state index contributed by atoms with van der Waals surface area (Å²) >= 11 is 0. The number of hydrogen-bond acceptors (Lipinski definition) is 4. The number of nitriles is 1. The minimum Gasteiger partial charge on any atom is -0.285 e. The standard InChI is InChI=1S/C13H25N3O2S/c1-5-12(10-14)15-6-8-16(9-7-15)19(17,18)11-13(2,3)4/h12H,5-9,11H2,1-4H3. The first-order valence-electron chi connectivity index (χ1n) is 6.81. The third kappa shape index (κ3) is 4.75. The molecule has 6 heteroatoms. The van der Waals surface area contributed by atoms with Crippen molar-refractivity contribution in [1.82, 2.24) is 9.21 Å². The molecule has 1 fully saturated rings. The molecule has 19 heavy (non-hydrogen) atoms. The largest absolute Gasteiger partial charge is 0.285 e. The van der Waals surface area contributed by atoms with E-state index in [1.54, 1.807) is 4.31 Å². The summed E-state index contributed by atoms with van der Waals surface area (Å²) < 4.78 is 26.1. The lowest BCUT2D eigenvalue weighted by molar-refractivity contribution is 0.159. The van der Waals surface area contributed by atoms with Crippen molar-refractivity contribution in [2.45, 2.75) is 40.2 Å². The zero-order valence-corrected chi connectivity index (χ0v) is 13.2. The fourth-order valence-electron chi connectivity index (χ4n) is 2.36. The van der Waals surface area contributed by atoms with Gasteiger partial charge in [0, 0.05) is 26.2 Å². The maximum absolute atomic E-state index is 12.3. The zero-order valence-electron chi connectivity index (χ0n) is 12.4. The van der Waals surface area contributed by atoms with Gasteiger partial charge in [0.2, 0.25) is 10.0 Å². The number of rotatable bonds is 4. The average Bonchev–Trinajstić information content (AvgIpc) is 2.28. The maximum Gasteiger partial charge on any atom is 0.214 e. The lowest BCUT2D eigenvalue weighted by Gasteiger charge is -2.36. The van der Waals surface area contributed by atoms with E-state index in [9.17, 15) is 8.42 Å². The molecule has 5 nitrogen and oxygen atoms in total. The van der Waals surface area contributed by atoms with Gasteiger partial charge >= 0.3 is 0 Å². The second-order valence-corrected chi connectivity index (χ2v) is 8.27. The molecule has 0 aliphatic carbocycles. The van der Waals surface area contributed by atoms with Gasteiger partial charge in [-0.1, -0.05) is 27.7 Å². The monoisotopic (exact) mass is 287 g/mol. The summed E-state index contributed by atoms with van der Waals surface area (Å²) in [6.07, 6.45) is 0.783. The Morgan fingerprint density at radius 2 is 1.74 bits per heavy atom. The van der Waals surface area contributed by atoms with E-state index in [1.807, 2.05) is 27.7 Å². The van der Waals surface area contributed by atoms with Crippen molar-refractivity contribution in [2.24, 2.45) is 5.41 Å². The Kier molecular flexibility index (Phi) is 5.36. The molecule has 1 saturated heterocycles. The Labute approximate surface area is 117 Å². The molecular weight excluding hydrogens is 262 g/mol. The summed E-state index contributed by atoms with van der Waals surface area (Å²) in [7, 11) is -3.18. The van der Waals surface area contributed by atoms with Crippen molar-refractivity contribution in [3.8, 4) is 6.07 Å². The summed E-state index contributed by atoms with van der Waals surface area (Å²) in [5.41, 5.74) is -0.228. The fraction of sp³-hybridized carbons (Fsp3) is 0.923. The van der Waals surface area contributed by atoms with Crippen LogP contribution in [0.4, 0.5) is 0 Å². The van der Waals surface area contributed by atoms with Gasteiger partial charge in [0.25, 0.3) is 0 Å². The van der Waals surface area contributed by atoms with Gasteiger partial charge in [-0.15, -0.1) is 0 Å². The number of nitrogens with zero attached hydrogens (tertiary/aromatic N) is 3. The number of sulfonamides is 1. The minimum atomic E-state index is -3.18. The first-order chi connectivity index (χ1) is 8.69. The summed E-state index contributed by atoms with van der Waals surface area (Å²) in [6, 6.07) is 2.18. The molecule has 0 aromatic rings. The highest BCUT2D eigenvalue weighted by molar-refractivity contribution is 7.89. The second-order valence-electron chi connectivity index (χ2n) is 6.31. The van der Waals surface area contributed by atoms with Gasteiger partial charge in [-0.2, -0.15) is 9.57 Å². The van der Waals surface area contributed by atoms with Gasteiger partial charge in [0.15, 0.2) is 0 Å². The van der Waals surface area contributed by atoms with Crippen molar-refractivity contribution in [2.75, 3.05) is 31.9 Å². The molecule has 1 heterocycles. The molecule has 0 radical (unpaired) electrons. The average molecular weight is 287 g/mol.